The lowest BCUT2D eigenvalue weighted by Crippen LogP contribution is -1.92. The molecule has 0 N–H and O–H groups in total. The molecule has 0 aromatic carbocycles. The molecule has 0 saturated heterocycles. The van der Waals surface area contributed by atoms with Crippen LogP contribution in [0.25, 0.3) is 0 Å². The van der Waals surface area contributed by atoms with Gasteiger partial charge in [0.1, 0.15) is 0 Å². The molecule has 0 unspecified atom stereocenters. The highest BCUT2D eigenvalue weighted by atomic mass is 16.5. The summed E-state index contributed by atoms with van der Waals surface area (Å²) in [6.07, 6.45) is 6.14. The minimum atomic E-state index is 0.782. The van der Waals surface area contributed by atoms with Crippen molar-refractivity contribution < 1.29 is 4.74 Å². The van der Waals surface area contributed by atoms with Crippen molar-refractivity contribution in [3.8, 4) is 0 Å². The summed E-state index contributed by atoms with van der Waals surface area (Å²) in [4.78, 5) is 0. The van der Waals surface area contributed by atoms with Crippen molar-refractivity contribution in [2.75, 3.05) is 6.61 Å². The average Bonchev–Trinajstić information content (AvgIpc) is 2.05. The Kier molecular flexibility index (Phi) is 3.47. The van der Waals surface area contributed by atoms with Gasteiger partial charge < -0.3 is 4.74 Å². The van der Waals surface area contributed by atoms with E-state index < -0.39 is 0 Å². The first-order valence-electron chi connectivity index (χ1n) is 4.35. The summed E-state index contributed by atoms with van der Waals surface area (Å²) in [6.45, 7) is 4.96. The van der Waals surface area contributed by atoms with Crippen LogP contribution in [-0.2, 0) is 4.74 Å². The summed E-state index contributed by atoms with van der Waals surface area (Å²) in [7, 11) is 0. The SMILES string of the molecule is CCCCOC1=C=C=CC(C)=C1. The van der Waals surface area contributed by atoms with Gasteiger partial charge in [-0.3, -0.25) is 0 Å². The molecule has 1 rings (SSSR count). The highest BCUT2D eigenvalue weighted by Crippen LogP contribution is 2.07. The van der Waals surface area contributed by atoms with Crippen molar-refractivity contribution in [3.63, 3.8) is 0 Å². The van der Waals surface area contributed by atoms with Gasteiger partial charge in [-0.15, -0.1) is 0 Å². The van der Waals surface area contributed by atoms with Gasteiger partial charge in [-0.1, -0.05) is 19.1 Å². The fourth-order valence-corrected chi connectivity index (χ4v) is 0.910. The molecule has 0 spiro atoms. The van der Waals surface area contributed by atoms with E-state index in [2.05, 4.69) is 18.4 Å². The second kappa shape index (κ2) is 4.66. The second-order valence-corrected chi connectivity index (χ2v) is 2.87. The molecule has 0 amide bonds. The van der Waals surface area contributed by atoms with Crippen LogP contribution in [0.5, 0.6) is 0 Å². The van der Waals surface area contributed by atoms with Gasteiger partial charge in [-0.05, 0) is 36.8 Å². The van der Waals surface area contributed by atoms with Gasteiger partial charge >= 0.3 is 0 Å². The van der Waals surface area contributed by atoms with Crippen molar-refractivity contribution in [2.24, 2.45) is 0 Å². The molecule has 12 heavy (non-hydrogen) atoms. The van der Waals surface area contributed by atoms with Crippen LogP contribution in [-0.4, -0.2) is 6.61 Å². The molecule has 0 aromatic heterocycles. The molecule has 0 radical (unpaired) electrons. The van der Waals surface area contributed by atoms with Gasteiger partial charge in [0.25, 0.3) is 0 Å². The predicted molar refractivity (Wildman–Crippen MR) is 49.7 cm³/mol. The van der Waals surface area contributed by atoms with Gasteiger partial charge in [0.15, 0.2) is 5.76 Å². The van der Waals surface area contributed by atoms with E-state index in [9.17, 15) is 0 Å². The van der Waals surface area contributed by atoms with Gasteiger partial charge in [-0.25, -0.2) is 0 Å². The van der Waals surface area contributed by atoms with Crippen LogP contribution in [0.4, 0.5) is 0 Å². The summed E-state index contributed by atoms with van der Waals surface area (Å²) < 4.78 is 5.44. The van der Waals surface area contributed by atoms with Gasteiger partial charge in [0.05, 0.1) is 6.61 Å². The molecule has 1 aliphatic carbocycles. The van der Waals surface area contributed by atoms with Crippen molar-refractivity contribution in [1.29, 1.82) is 0 Å². The topological polar surface area (TPSA) is 9.23 Å². The zero-order valence-electron chi connectivity index (χ0n) is 7.68. The molecule has 0 atom stereocenters. The van der Waals surface area contributed by atoms with Gasteiger partial charge in [-0.2, -0.15) is 0 Å². The lowest BCUT2D eigenvalue weighted by Gasteiger charge is -2.04. The zero-order valence-corrected chi connectivity index (χ0v) is 7.68. The molecule has 0 saturated carbocycles. The molecule has 0 aliphatic heterocycles. The Morgan fingerprint density at radius 1 is 1.50 bits per heavy atom. The monoisotopic (exact) mass is 162 g/mol. The molecule has 0 aromatic rings. The molecular formula is C11H14O. The number of rotatable bonds is 4. The fourth-order valence-electron chi connectivity index (χ4n) is 0.910. The number of hydrogen-bond acceptors (Lipinski definition) is 1. The number of hydrogen-bond donors (Lipinski definition) is 0. The second-order valence-electron chi connectivity index (χ2n) is 2.87. The van der Waals surface area contributed by atoms with E-state index in [1.54, 1.807) is 0 Å². The average molecular weight is 162 g/mol. The van der Waals surface area contributed by atoms with E-state index >= 15 is 0 Å². The Hall–Kier alpha value is -1.16. The molecule has 0 bridgehead atoms. The molecular weight excluding hydrogens is 148 g/mol. The van der Waals surface area contributed by atoms with Crippen LogP contribution in [0.1, 0.15) is 26.7 Å². The van der Waals surface area contributed by atoms with Crippen molar-refractivity contribution in [3.05, 3.63) is 34.9 Å². The normalized spacial score (nSPS) is 14.2. The molecule has 1 nitrogen and oxygen atoms in total. The lowest BCUT2D eigenvalue weighted by atomic mass is 10.2. The van der Waals surface area contributed by atoms with Crippen LogP contribution in [0, 0.1) is 0 Å². The summed E-state index contributed by atoms with van der Waals surface area (Å²) in [6, 6.07) is 0. The summed E-state index contributed by atoms with van der Waals surface area (Å²) >= 11 is 0. The minimum Gasteiger partial charge on any atom is -0.485 e. The van der Waals surface area contributed by atoms with E-state index in [1.807, 2.05) is 19.1 Å². The molecule has 0 fully saturated rings. The van der Waals surface area contributed by atoms with Crippen molar-refractivity contribution in [1.82, 2.24) is 0 Å². The summed E-state index contributed by atoms with van der Waals surface area (Å²) in [5.41, 5.74) is 6.99. The Morgan fingerprint density at radius 3 is 3.00 bits per heavy atom. The van der Waals surface area contributed by atoms with E-state index in [4.69, 9.17) is 4.74 Å². The maximum atomic E-state index is 5.44. The number of allylic oxidation sites excluding steroid dienone is 3. The smallest absolute Gasteiger partial charge is 0.170 e. The van der Waals surface area contributed by atoms with Gasteiger partial charge in [0, 0.05) is 0 Å². The Bertz CT molecular complexity index is 271. The predicted octanol–water partition coefficient (Wildman–Crippen LogP) is 2.96. The van der Waals surface area contributed by atoms with E-state index in [1.165, 1.54) is 5.57 Å². The van der Waals surface area contributed by atoms with Crippen LogP contribution in [0.2, 0.25) is 0 Å². The Labute approximate surface area is 73.7 Å². The highest BCUT2D eigenvalue weighted by molar-refractivity contribution is 5.28. The van der Waals surface area contributed by atoms with Crippen LogP contribution >= 0.6 is 0 Å². The minimum absolute atomic E-state index is 0.782. The maximum absolute atomic E-state index is 5.44. The molecule has 64 valence electrons. The zero-order chi connectivity index (χ0) is 8.81. The molecule has 1 aliphatic rings. The maximum Gasteiger partial charge on any atom is 0.170 e. The van der Waals surface area contributed by atoms with Gasteiger partial charge in [0.2, 0.25) is 0 Å². The van der Waals surface area contributed by atoms with Crippen LogP contribution < -0.4 is 0 Å². The lowest BCUT2D eigenvalue weighted by molar-refractivity contribution is 0.220. The largest absolute Gasteiger partial charge is 0.485 e. The van der Waals surface area contributed by atoms with Crippen molar-refractivity contribution >= 4 is 0 Å². The third-order valence-electron chi connectivity index (χ3n) is 1.61. The first-order valence-corrected chi connectivity index (χ1v) is 4.35. The van der Waals surface area contributed by atoms with E-state index in [-0.39, 0.29) is 0 Å². The van der Waals surface area contributed by atoms with E-state index in [0.717, 1.165) is 25.2 Å². The summed E-state index contributed by atoms with van der Waals surface area (Å²) in [5, 5.41) is 0. The quantitative estimate of drug-likeness (QED) is 0.456. The van der Waals surface area contributed by atoms with E-state index in [0.29, 0.717) is 0 Å². The Morgan fingerprint density at radius 2 is 2.33 bits per heavy atom. The summed E-state index contributed by atoms with van der Waals surface area (Å²) in [5.74, 6) is 0.809. The first-order chi connectivity index (χ1) is 5.83. The third-order valence-corrected chi connectivity index (χ3v) is 1.61. The first kappa shape index (κ1) is 8.93. The standard InChI is InChI=1S/C11H14O/c1-3-4-8-12-11-7-5-6-10(2)9-11/h6,9H,3-4,8H2,1-2H3. The third kappa shape index (κ3) is 2.84. The number of unbranched alkanes of at least 4 members (excludes halogenated alkanes) is 1. The molecule has 0 heterocycles. The number of ether oxygens (including phenoxy) is 1. The van der Waals surface area contributed by atoms with Crippen LogP contribution in [0.15, 0.2) is 34.9 Å². The fraction of sp³-hybridized carbons (Fsp3) is 0.455. The van der Waals surface area contributed by atoms with Crippen LogP contribution in [0.3, 0.4) is 0 Å². The highest BCUT2D eigenvalue weighted by Gasteiger charge is 1.95. The van der Waals surface area contributed by atoms with Crippen molar-refractivity contribution in [2.45, 2.75) is 26.7 Å². The molecule has 1 heteroatoms. The Balaban J connectivity index is 2.43.